The Morgan fingerprint density at radius 1 is 1.10 bits per heavy atom. The summed E-state index contributed by atoms with van der Waals surface area (Å²) >= 11 is 5.07. The highest BCUT2D eigenvalue weighted by atomic mass is 79.9. The molecular formula is C21H18BrF2N3OS. The van der Waals surface area contributed by atoms with Gasteiger partial charge in [-0.15, -0.1) is 11.3 Å². The second-order valence-electron chi connectivity index (χ2n) is 6.83. The number of aryl methyl sites for hydroxylation is 2. The molecule has 2 heterocycles. The Kier molecular flexibility index (Phi) is 5.91. The van der Waals surface area contributed by atoms with Crippen LogP contribution in [0, 0.1) is 11.6 Å². The van der Waals surface area contributed by atoms with Crippen LogP contribution in [0.4, 0.5) is 14.6 Å². The third-order valence-corrected chi connectivity index (χ3v) is 6.42. The molecule has 2 aromatic heterocycles. The van der Waals surface area contributed by atoms with Crippen LogP contribution in [0.15, 0.2) is 40.2 Å². The fourth-order valence-electron chi connectivity index (χ4n) is 3.32. The molecule has 0 unspecified atom stereocenters. The normalized spacial score (nSPS) is 12.7. The van der Waals surface area contributed by atoms with E-state index in [2.05, 4.69) is 31.5 Å². The van der Waals surface area contributed by atoms with E-state index in [-0.39, 0.29) is 12.5 Å². The van der Waals surface area contributed by atoms with Gasteiger partial charge in [0.2, 0.25) is 0 Å². The van der Waals surface area contributed by atoms with Crippen molar-refractivity contribution in [2.45, 2.75) is 32.4 Å². The quantitative estimate of drug-likeness (QED) is 0.511. The van der Waals surface area contributed by atoms with Crippen LogP contribution in [0.25, 0.3) is 0 Å². The molecule has 1 aliphatic rings. The highest BCUT2D eigenvalue weighted by Gasteiger charge is 2.20. The molecule has 29 heavy (non-hydrogen) atoms. The Morgan fingerprint density at radius 3 is 2.72 bits per heavy atom. The first-order valence-corrected chi connectivity index (χ1v) is 10.8. The van der Waals surface area contributed by atoms with Gasteiger partial charge in [-0.05, 0) is 76.7 Å². The zero-order valence-corrected chi connectivity index (χ0v) is 17.8. The lowest BCUT2D eigenvalue weighted by atomic mass is 10.1. The van der Waals surface area contributed by atoms with Gasteiger partial charge in [0, 0.05) is 17.1 Å². The molecule has 2 N–H and O–H groups in total. The lowest BCUT2D eigenvalue weighted by Gasteiger charge is -2.13. The van der Waals surface area contributed by atoms with Crippen molar-refractivity contribution in [3.05, 3.63) is 79.1 Å². The largest absolute Gasteiger partial charge is 0.365 e. The van der Waals surface area contributed by atoms with Crippen molar-refractivity contribution < 1.29 is 13.6 Å². The minimum atomic E-state index is -0.930. The summed E-state index contributed by atoms with van der Waals surface area (Å²) in [5, 5.41) is 6.06. The number of rotatable bonds is 6. The van der Waals surface area contributed by atoms with Gasteiger partial charge in [0.15, 0.2) is 11.6 Å². The van der Waals surface area contributed by atoms with Crippen LogP contribution in [0.3, 0.4) is 0 Å². The van der Waals surface area contributed by atoms with E-state index in [9.17, 15) is 13.6 Å². The minimum absolute atomic E-state index is 0.102. The van der Waals surface area contributed by atoms with Gasteiger partial charge in [0.05, 0.1) is 15.9 Å². The molecule has 4 rings (SSSR count). The molecule has 3 aromatic rings. The van der Waals surface area contributed by atoms with Crippen molar-refractivity contribution in [2.24, 2.45) is 0 Å². The van der Waals surface area contributed by atoms with E-state index in [1.165, 1.54) is 6.07 Å². The van der Waals surface area contributed by atoms with Crippen LogP contribution in [-0.2, 0) is 25.9 Å². The SMILES string of the molecule is O=C(NCc1ccc(F)c(F)c1)c1cc2c(nc1NCc1ccc(Br)s1)CCC2. The highest BCUT2D eigenvalue weighted by Crippen LogP contribution is 2.27. The van der Waals surface area contributed by atoms with Gasteiger partial charge < -0.3 is 10.6 Å². The third kappa shape index (κ3) is 4.64. The molecule has 1 aliphatic carbocycles. The second-order valence-corrected chi connectivity index (χ2v) is 9.38. The van der Waals surface area contributed by atoms with Gasteiger partial charge in [-0.1, -0.05) is 6.07 Å². The van der Waals surface area contributed by atoms with E-state index in [0.717, 1.165) is 51.3 Å². The summed E-state index contributed by atoms with van der Waals surface area (Å²) in [5.41, 5.74) is 3.07. The summed E-state index contributed by atoms with van der Waals surface area (Å²) in [7, 11) is 0. The lowest BCUT2D eigenvalue weighted by molar-refractivity contribution is 0.0951. The second kappa shape index (κ2) is 8.59. The number of amides is 1. The number of hydrogen-bond acceptors (Lipinski definition) is 4. The number of halogens is 3. The topological polar surface area (TPSA) is 54.0 Å². The maximum Gasteiger partial charge on any atom is 0.255 e. The first kappa shape index (κ1) is 20.0. The minimum Gasteiger partial charge on any atom is -0.365 e. The summed E-state index contributed by atoms with van der Waals surface area (Å²) in [4.78, 5) is 18.6. The Hall–Kier alpha value is -2.32. The first-order chi connectivity index (χ1) is 14.0. The Balaban J connectivity index is 1.52. The average molecular weight is 478 g/mol. The Bertz CT molecular complexity index is 1070. The van der Waals surface area contributed by atoms with Crippen molar-refractivity contribution in [3.8, 4) is 0 Å². The lowest BCUT2D eigenvalue weighted by Crippen LogP contribution is -2.25. The molecule has 0 saturated heterocycles. The van der Waals surface area contributed by atoms with Crippen LogP contribution in [0.1, 0.15) is 38.5 Å². The van der Waals surface area contributed by atoms with Gasteiger partial charge in [-0.25, -0.2) is 13.8 Å². The van der Waals surface area contributed by atoms with E-state index in [1.807, 2.05) is 18.2 Å². The Morgan fingerprint density at radius 2 is 1.97 bits per heavy atom. The third-order valence-electron chi connectivity index (χ3n) is 4.79. The van der Waals surface area contributed by atoms with Crippen molar-refractivity contribution in [2.75, 3.05) is 5.32 Å². The summed E-state index contributed by atoms with van der Waals surface area (Å²) in [6, 6.07) is 9.48. The number of hydrogen-bond donors (Lipinski definition) is 2. The number of anilines is 1. The van der Waals surface area contributed by atoms with E-state index in [1.54, 1.807) is 11.3 Å². The zero-order chi connectivity index (χ0) is 20.4. The molecule has 4 nitrogen and oxygen atoms in total. The average Bonchev–Trinajstić information content (AvgIpc) is 3.34. The van der Waals surface area contributed by atoms with Crippen LogP contribution in [-0.4, -0.2) is 10.9 Å². The predicted octanol–water partition coefficient (Wildman–Crippen LogP) is 5.21. The number of nitrogens with zero attached hydrogens (tertiary/aromatic N) is 1. The van der Waals surface area contributed by atoms with Crippen LogP contribution >= 0.6 is 27.3 Å². The number of nitrogens with one attached hydrogen (secondary N) is 2. The summed E-state index contributed by atoms with van der Waals surface area (Å²) in [6.45, 7) is 0.663. The summed E-state index contributed by atoms with van der Waals surface area (Å²) in [6.07, 6.45) is 2.84. The molecule has 0 atom stereocenters. The monoisotopic (exact) mass is 477 g/mol. The van der Waals surface area contributed by atoms with Crippen molar-refractivity contribution in [1.82, 2.24) is 10.3 Å². The number of thiophene rings is 1. The molecule has 0 radical (unpaired) electrons. The summed E-state index contributed by atoms with van der Waals surface area (Å²) in [5.74, 6) is -1.60. The maximum atomic E-state index is 13.4. The van der Waals surface area contributed by atoms with E-state index >= 15 is 0 Å². The van der Waals surface area contributed by atoms with Gasteiger partial charge in [-0.2, -0.15) is 0 Å². The van der Waals surface area contributed by atoms with E-state index in [4.69, 9.17) is 0 Å². The van der Waals surface area contributed by atoms with Gasteiger partial charge in [0.25, 0.3) is 5.91 Å². The Labute approximate surface area is 179 Å². The molecule has 1 aromatic carbocycles. The number of aromatic nitrogens is 1. The first-order valence-electron chi connectivity index (χ1n) is 9.22. The van der Waals surface area contributed by atoms with Crippen molar-refractivity contribution in [1.29, 1.82) is 0 Å². The molecule has 0 spiro atoms. The number of benzene rings is 1. The molecule has 150 valence electrons. The number of carbonyl (C=O) groups excluding carboxylic acids is 1. The number of carbonyl (C=O) groups is 1. The van der Waals surface area contributed by atoms with Gasteiger partial charge in [-0.3, -0.25) is 4.79 Å². The fraction of sp³-hybridized carbons (Fsp3) is 0.238. The van der Waals surface area contributed by atoms with Crippen LogP contribution in [0.2, 0.25) is 0 Å². The fourth-order valence-corrected chi connectivity index (χ4v) is 4.75. The van der Waals surface area contributed by atoms with Crippen LogP contribution < -0.4 is 10.6 Å². The predicted molar refractivity (Wildman–Crippen MR) is 113 cm³/mol. The highest BCUT2D eigenvalue weighted by molar-refractivity contribution is 9.11. The van der Waals surface area contributed by atoms with E-state index < -0.39 is 11.6 Å². The molecule has 0 saturated carbocycles. The number of fused-ring (bicyclic) bond motifs is 1. The van der Waals surface area contributed by atoms with Gasteiger partial charge in [0.1, 0.15) is 5.82 Å². The molecule has 1 amide bonds. The van der Waals surface area contributed by atoms with Crippen molar-refractivity contribution >= 4 is 39.0 Å². The summed E-state index contributed by atoms with van der Waals surface area (Å²) < 4.78 is 27.5. The molecular weight excluding hydrogens is 460 g/mol. The standard InChI is InChI=1S/C21H18BrF2N3OS/c22-19-7-5-14(29-19)11-25-20-15(9-13-2-1-3-18(13)27-20)21(28)26-10-12-4-6-16(23)17(24)8-12/h4-9H,1-3,10-11H2,(H,25,27)(H,26,28). The van der Waals surface area contributed by atoms with Crippen molar-refractivity contribution in [3.63, 3.8) is 0 Å². The molecule has 0 aliphatic heterocycles. The molecule has 0 bridgehead atoms. The zero-order valence-electron chi connectivity index (χ0n) is 15.4. The smallest absolute Gasteiger partial charge is 0.255 e. The van der Waals surface area contributed by atoms with E-state index in [0.29, 0.717) is 23.5 Å². The maximum absolute atomic E-state index is 13.4. The molecule has 8 heteroatoms. The van der Waals surface area contributed by atoms with Crippen LogP contribution in [0.5, 0.6) is 0 Å². The number of pyridine rings is 1. The molecule has 0 fully saturated rings. The van der Waals surface area contributed by atoms with Gasteiger partial charge >= 0.3 is 0 Å².